The minimum atomic E-state index is 0.568. The second-order valence-corrected chi connectivity index (χ2v) is 2.39. The van der Waals surface area contributed by atoms with Crippen molar-refractivity contribution < 1.29 is 9.15 Å². The summed E-state index contributed by atoms with van der Waals surface area (Å²) in [6.45, 7) is 0. The average molecular weight is 164 g/mol. The van der Waals surface area contributed by atoms with Crippen LogP contribution in [-0.2, 0) is 0 Å². The third-order valence-electron chi connectivity index (χ3n) is 1.69. The van der Waals surface area contributed by atoms with Crippen molar-refractivity contribution in [2.75, 3.05) is 12.8 Å². The monoisotopic (exact) mass is 164 g/mol. The summed E-state index contributed by atoms with van der Waals surface area (Å²) < 4.78 is 10.1. The van der Waals surface area contributed by atoms with Crippen LogP contribution >= 0.6 is 0 Å². The summed E-state index contributed by atoms with van der Waals surface area (Å²) in [5.41, 5.74) is 7.56. The highest BCUT2D eigenvalue weighted by molar-refractivity contribution is 5.85. The lowest BCUT2D eigenvalue weighted by atomic mass is 10.2. The Balaban J connectivity index is 2.83. The van der Waals surface area contributed by atoms with Crippen LogP contribution in [0.3, 0.4) is 0 Å². The van der Waals surface area contributed by atoms with E-state index < -0.39 is 0 Å². The van der Waals surface area contributed by atoms with E-state index in [4.69, 9.17) is 14.9 Å². The number of anilines is 1. The van der Waals surface area contributed by atoms with Gasteiger partial charge in [0.25, 0.3) is 0 Å². The highest BCUT2D eigenvalue weighted by Crippen LogP contribution is 2.29. The highest BCUT2D eigenvalue weighted by atomic mass is 16.5. The van der Waals surface area contributed by atoms with Crippen molar-refractivity contribution in [2.24, 2.45) is 0 Å². The zero-order valence-electron chi connectivity index (χ0n) is 6.57. The SMILES string of the molecule is COc1c(N)ccc2ocnc12. The van der Waals surface area contributed by atoms with Gasteiger partial charge in [0, 0.05) is 0 Å². The zero-order valence-corrected chi connectivity index (χ0v) is 6.57. The molecule has 1 heterocycles. The fourth-order valence-corrected chi connectivity index (χ4v) is 1.14. The Hall–Kier alpha value is -1.71. The van der Waals surface area contributed by atoms with Crippen molar-refractivity contribution in [2.45, 2.75) is 0 Å². The molecule has 1 aromatic carbocycles. The molecule has 2 N–H and O–H groups in total. The van der Waals surface area contributed by atoms with Gasteiger partial charge in [-0.1, -0.05) is 0 Å². The number of ether oxygens (including phenoxy) is 1. The Morgan fingerprint density at radius 3 is 3.08 bits per heavy atom. The van der Waals surface area contributed by atoms with Crippen LogP contribution in [0.4, 0.5) is 5.69 Å². The van der Waals surface area contributed by atoms with E-state index in [2.05, 4.69) is 4.98 Å². The molecular formula is C8H8N2O2. The Bertz CT molecular complexity index is 408. The maximum absolute atomic E-state index is 5.65. The fraction of sp³-hybridized carbons (Fsp3) is 0.125. The predicted octanol–water partition coefficient (Wildman–Crippen LogP) is 1.42. The molecule has 0 aliphatic carbocycles. The molecule has 1 aromatic heterocycles. The number of nitrogens with zero attached hydrogens (tertiary/aromatic N) is 1. The molecule has 0 aliphatic rings. The van der Waals surface area contributed by atoms with Crippen molar-refractivity contribution in [3.8, 4) is 5.75 Å². The molecule has 62 valence electrons. The van der Waals surface area contributed by atoms with E-state index in [0.29, 0.717) is 22.5 Å². The van der Waals surface area contributed by atoms with Gasteiger partial charge in [-0.25, -0.2) is 4.98 Å². The molecule has 0 atom stereocenters. The van der Waals surface area contributed by atoms with Gasteiger partial charge in [-0.2, -0.15) is 0 Å². The van der Waals surface area contributed by atoms with Crippen LogP contribution in [0.1, 0.15) is 0 Å². The minimum Gasteiger partial charge on any atom is -0.492 e. The molecule has 2 rings (SSSR count). The minimum absolute atomic E-state index is 0.568. The molecule has 0 spiro atoms. The summed E-state index contributed by atoms with van der Waals surface area (Å²) in [7, 11) is 1.56. The van der Waals surface area contributed by atoms with E-state index in [1.165, 1.54) is 6.39 Å². The Labute approximate surface area is 68.9 Å². The van der Waals surface area contributed by atoms with Crippen molar-refractivity contribution in [1.29, 1.82) is 0 Å². The van der Waals surface area contributed by atoms with Gasteiger partial charge in [0.05, 0.1) is 12.8 Å². The topological polar surface area (TPSA) is 61.3 Å². The number of nitrogens with two attached hydrogens (primary N) is 1. The van der Waals surface area contributed by atoms with Crippen LogP contribution in [0.25, 0.3) is 11.1 Å². The molecule has 2 aromatic rings. The standard InChI is InChI=1S/C8H8N2O2/c1-11-8-5(9)2-3-6-7(8)10-4-12-6/h2-4H,9H2,1H3. The summed E-state index contributed by atoms with van der Waals surface area (Å²) in [5.74, 6) is 0.571. The Morgan fingerprint density at radius 2 is 2.33 bits per heavy atom. The van der Waals surface area contributed by atoms with Crippen molar-refractivity contribution in [1.82, 2.24) is 4.98 Å². The normalized spacial score (nSPS) is 10.4. The number of fused-ring (bicyclic) bond motifs is 1. The summed E-state index contributed by atoms with van der Waals surface area (Å²) in [6.07, 6.45) is 1.37. The number of nitrogen functional groups attached to an aromatic ring is 1. The van der Waals surface area contributed by atoms with E-state index in [-0.39, 0.29) is 0 Å². The van der Waals surface area contributed by atoms with Gasteiger partial charge < -0.3 is 14.9 Å². The highest BCUT2D eigenvalue weighted by Gasteiger charge is 2.08. The van der Waals surface area contributed by atoms with Crippen LogP contribution in [0.15, 0.2) is 22.9 Å². The number of aromatic nitrogens is 1. The first kappa shape index (κ1) is 6.97. The molecule has 0 radical (unpaired) electrons. The summed E-state index contributed by atoms with van der Waals surface area (Å²) in [5, 5.41) is 0. The lowest BCUT2D eigenvalue weighted by Gasteiger charge is -2.02. The van der Waals surface area contributed by atoms with Crippen LogP contribution in [0.5, 0.6) is 5.75 Å². The second-order valence-electron chi connectivity index (χ2n) is 2.39. The van der Waals surface area contributed by atoms with Crippen LogP contribution < -0.4 is 10.5 Å². The van der Waals surface area contributed by atoms with Gasteiger partial charge in [-0.05, 0) is 12.1 Å². The van der Waals surface area contributed by atoms with Gasteiger partial charge in [0.15, 0.2) is 23.2 Å². The average Bonchev–Trinajstić information content (AvgIpc) is 2.52. The van der Waals surface area contributed by atoms with Crippen LogP contribution in [0, 0.1) is 0 Å². The number of oxazole rings is 1. The lowest BCUT2D eigenvalue weighted by Crippen LogP contribution is -1.92. The molecule has 0 fully saturated rings. The molecule has 0 bridgehead atoms. The molecule has 0 aliphatic heterocycles. The van der Waals surface area contributed by atoms with E-state index in [0.717, 1.165) is 0 Å². The van der Waals surface area contributed by atoms with Gasteiger partial charge in [-0.3, -0.25) is 0 Å². The second kappa shape index (κ2) is 2.41. The van der Waals surface area contributed by atoms with E-state index in [9.17, 15) is 0 Å². The molecule has 0 amide bonds. The smallest absolute Gasteiger partial charge is 0.182 e. The molecule has 0 saturated heterocycles. The van der Waals surface area contributed by atoms with Crippen LogP contribution in [-0.4, -0.2) is 12.1 Å². The zero-order chi connectivity index (χ0) is 8.55. The molecule has 4 heteroatoms. The van der Waals surface area contributed by atoms with E-state index >= 15 is 0 Å². The van der Waals surface area contributed by atoms with Crippen molar-refractivity contribution in [3.05, 3.63) is 18.5 Å². The van der Waals surface area contributed by atoms with Gasteiger partial charge >= 0.3 is 0 Å². The first-order chi connectivity index (χ1) is 5.83. The maximum Gasteiger partial charge on any atom is 0.182 e. The van der Waals surface area contributed by atoms with Gasteiger partial charge in [0.2, 0.25) is 0 Å². The molecule has 12 heavy (non-hydrogen) atoms. The number of hydrogen-bond donors (Lipinski definition) is 1. The molecular weight excluding hydrogens is 156 g/mol. The number of methoxy groups -OCH3 is 1. The lowest BCUT2D eigenvalue weighted by molar-refractivity contribution is 0.421. The Kier molecular flexibility index (Phi) is 1.40. The maximum atomic E-state index is 5.65. The van der Waals surface area contributed by atoms with Crippen molar-refractivity contribution in [3.63, 3.8) is 0 Å². The predicted molar refractivity (Wildman–Crippen MR) is 45.0 cm³/mol. The quantitative estimate of drug-likeness (QED) is 0.647. The first-order valence-corrected chi connectivity index (χ1v) is 3.48. The summed E-state index contributed by atoms with van der Waals surface area (Å²) in [6, 6.07) is 3.49. The number of hydrogen-bond acceptors (Lipinski definition) is 4. The molecule has 0 saturated carbocycles. The third kappa shape index (κ3) is 0.812. The van der Waals surface area contributed by atoms with E-state index in [1.807, 2.05) is 0 Å². The largest absolute Gasteiger partial charge is 0.492 e. The first-order valence-electron chi connectivity index (χ1n) is 3.48. The Morgan fingerprint density at radius 1 is 1.50 bits per heavy atom. The third-order valence-corrected chi connectivity index (χ3v) is 1.69. The summed E-state index contributed by atoms with van der Waals surface area (Å²) >= 11 is 0. The summed E-state index contributed by atoms with van der Waals surface area (Å²) in [4.78, 5) is 3.98. The van der Waals surface area contributed by atoms with Gasteiger partial charge in [0.1, 0.15) is 0 Å². The molecule has 0 unspecified atom stereocenters. The van der Waals surface area contributed by atoms with Gasteiger partial charge in [-0.15, -0.1) is 0 Å². The van der Waals surface area contributed by atoms with Crippen LogP contribution in [0.2, 0.25) is 0 Å². The molecule has 4 nitrogen and oxygen atoms in total. The number of rotatable bonds is 1. The number of benzene rings is 1. The van der Waals surface area contributed by atoms with E-state index in [1.54, 1.807) is 19.2 Å². The van der Waals surface area contributed by atoms with Crippen molar-refractivity contribution >= 4 is 16.8 Å². The fourth-order valence-electron chi connectivity index (χ4n) is 1.14.